The van der Waals surface area contributed by atoms with Gasteiger partial charge in [0, 0.05) is 6.61 Å². The second-order valence-electron chi connectivity index (χ2n) is 11.2. The Morgan fingerprint density at radius 1 is 0.484 bits per heavy atom. The van der Waals surface area contributed by atoms with Crippen molar-refractivity contribution in [3.05, 3.63) is 0 Å². The molecule has 2 aliphatic rings. The molecule has 0 aliphatic heterocycles. The van der Waals surface area contributed by atoms with E-state index in [2.05, 4.69) is 13.8 Å². The summed E-state index contributed by atoms with van der Waals surface area (Å²) in [6.07, 6.45) is 33.8. The van der Waals surface area contributed by atoms with Gasteiger partial charge in [-0.25, -0.2) is 0 Å². The van der Waals surface area contributed by atoms with Crippen LogP contribution in [0.1, 0.15) is 162 Å². The zero-order chi connectivity index (χ0) is 22.0. The zero-order valence-corrected chi connectivity index (χ0v) is 21.7. The van der Waals surface area contributed by atoms with Crippen LogP contribution in [0, 0.1) is 17.8 Å². The van der Waals surface area contributed by atoms with E-state index in [1.807, 2.05) is 0 Å². The molecule has 2 fully saturated rings. The van der Waals surface area contributed by atoms with Gasteiger partial charge in [-0.3, -0.25) is 0 Å². The summed E-state index contributed by atoms with van der Waals surface area (Å²) in [6, 6.07) is 0. The van der Waals surface area contributed by atoms with Crippen LogP contribution in [0.5, 0.6) is 0 Å². The first-order valence-electron chi connectivity index (χ1n) is 14.9. The summed E-state index contributed by atoms with van der Waals surface area (Å²) in [7, 11) is 0. The summed E-state index contributed by atoms with van der Waals surface area (Å²) in [6.45, 7) is 5.64. The first-order chi connectivity index (χ1) is 15.3. The van der Waals surface area contributed by atoms with Crippen LogP contribution in [0.2, 0.25) is 0 Å². The van der Waals surface area contributed by atoms with Crippen molar-refractivity contribution in [1.82, 2.24) is 0 Å². The van der Waals surface area contributed by atoms with Gasteiger partial charge >= 0.3 is 0 Å². The summed E-state index contributed by atoms with van der Waals surface area (Å²) >= 11 is 0. The van der Waals surface area contributed by atoms with Crippen LogP contribution < -0.4 is 0 Å². The summed E-state index contributed by atoms with van der Waals surface area (Å²) in [4.78, 5) is 0. The molecule has 1 heteroatoms. The fourth-order valence-electron chi connectivity index (χ4n) is 6.37. The molecule has 31 heavy (non-hydrogen) atoms. The number of unbranched alkanes of at least 4 members (excludes halogenated alkanes) is 12. The molecule has 2 rings (SSSR count). The van der Waals surface area contributed by atoms with Crippen molar-refractivity contribution in [2.75, 3.05) is 6.61 Å². The van der Waals surface area contributed by atoms with E-state index in [1.165, 1.54) is 148 Å². The molecule has 0 bridgehead atoms. The Kier molecular flexibility index (Phi) is 16.1. The van der Waals surface area contributed by atoms with E-state index < -0.39 is 0 Å². The first-order valence-corrected chi connectivity index (χ1v) is 14.9. The Bertz CT molecular complexity index is 376. The molecule has 0 radical (unpaired) electrons. The number of hydrogen-bond donors (Lipinski definition) is 0. The predicted molar refractivity (Wildman–Crippen MR) is 138 cm³/mol. The molecular formula is C30H58O. The fourth-order valence-corrected chi connectivity index (χ4v) is 6.37. The maximum absolute atomic E-state index is 6.26. The van der Waals surface area contributed by atoms with Crippen molar-refractivity contribution in [2.45, 2.75) is 168 Å². The normalized spacial score (nSPS) is 26.9. The molecule has 0 spiro atoms. The van der Waals surface area contributed by atoms with E-state index in [9.17, 15) is 0 Å². The molecule has 2 aliphatic carbocycles. The van der Waals surface area contributed by atoms with Gasteiger partial charge in [0.25, 0.3) is 0 Å². The van der Waals surface area contributed by atoms with E-state index in [4.69, 9.17) is 4.74 Å². The van der Waals surface area contributed by atoms with Crippen LogP contribution in [-0.2, 0) is 4.74 Å². The fraction of sp³-hybridized carbons (Fsp3) is 1.00. The number of rotatable bonds is 18. The van der Waals surface area contributed by atoms with Gasteiger partial charge in [-0.15, -0.1) is 0 Å². The molecule has 0 aromatic heterocycles. The number of hydrogen-bond acceptors (Lipinski definition) is 1. The predicted octanol–water partition coefficient (Wildman–Crippen LogP) is 10.3. The van der Waals surface area contributed by atoms with E-state index in [-0.39, 0.29) is 0 Å². The molecule has 2 saturated carbocycles. The highest BCUT2D eigenvalue weighted by molar-refractivity contribution is 4.82. The third-order valence-electron chi connectivity index (χ3n) is 8.59. The highest BCUT2D eigenvalue weighted by Crippen LogP contribution is 2.41. The van der Waals surface area contributed by atoms with Crippen LogP contribution in [0.3, 0.4) is 0 Å². The lowest BCUT2D eigenvalue weighted by molar-refractivity contribution is 0.00526. The minimum atomic E-state index is 0.588. The standard InChI is InChI=1S/C30H58O/c1-3-5-7-9-11-12-14-16-26-31-30-24-22-29(23-25-30)28-20-18-27(19-21-28)17-15-13-10-8-6-4-2/h27-30H,3-26H2,1-2H3/t27-,28-,29-,30-. The Morgan fingerprint density at radius 3 is 1.48 bits per heavy atom. The molecule has 0 amide bonds. The third-order valence-corrected chi connectivity index (χ3v) is 8.59. The van der Waals surface area contributed by atoms with Crippen LogP contribution >= 0.6 is 0 Å². The highest BCUT2D eigenvalue weighted by atomic mass is 16.5. The maximum atomic E-state index is 6.26. The van der Waals surface area contributed by atoms with Crippen LogP contribution in [0.4, 0.5) is 0 Å². The molecule has 0 saturated heterocycles. The van der Waals surface area contributed by atoms with Gasteiger partial charge in [-0.2, -0.15) is 0 Å². The van der Waals surface area contributed by atoms with Gasteiger partial charge in [0.2, 0.25) is 0 Å². The Morgan fingerprint density at radius 2 is 0.935 bits per heavy atom. The SMILES string of the molecule is CCCCCCCCCCO[C@H]1CC[C@H]([C@H]2CC[C@H](CCCCCCCC)CC2)CC1. The average molecular weight is 435 g/mol. The van der Waals surface area contributed by atoms with E-state index >= 15 is 0 Å². The molecule has 0 atom stereocenters. The van der Waals surface area contributed by atoms with Crippen molar-refractivity contribution in [2.24, 2.45) is 17.8 Å². The molecule has 1 nitrogen and oxygen atoms in total. The van der Waals surface area contributed by atoms with Crippen molar-refractivity contribution < 1.29 is 4.74 Å². The third kappa shape index (κ3) is 12.7. The molecule has 0 N–H and O–H groups in total. The highest BCUT2D eigenvalue weighted by Gasteiger charge is 2.30. The Hall–Kier alpha value is -0.0400. The van der Waals surface area contributed by atoms with E-state index in [0.29, 0.717) is 6.10 Å². The van der Waals surface area contributed by atoms with Gasteiger partial charge in [0.05, 0.1) is 6.10 Å². The second-order valence-corrected chi connectivity index (χ2v) is 11.2. The molecule has 0 unspecified atom stereocenters. The lowest BCUT2D eigenvalue weighted by Crippen LogP contribution is -2.28. The quantitative estimate of drug-likeness (QED) is 0.195. The van der Waals surface area contributed by atoms with Crippen molar-refractivity contribution in [3.8, 4) is 0 Å². The smallest absolute Gasteiger partial charge is 0.0575 e. The lowest BCUT2D eigenvalue weighted by Gasteiger charge is -2.38. The molecule has 0 heterocycles. The Balaban J connectivity index is 1.42. The summed E-state index contributed by atoms with van der Waals surface area (Å²) in [5.74, 6) is 3.14. The Labute approximate surface area is 196 Å². The minimum Gasteiger partial charge on any atom is -0.378 e. The van der Waals surface area contributed by atoms with Crippen molar-refractivity contribution in [3.63, 3.8) is 0 Å². The van der Waals surface area contributed by atoms with Gasteiger partial charge in [0.15, 0.2) is 0 Å². The van der Waals surface area contributed by atoms with Crippen molar-refractivity contribution in [1.29, 1.82) is 0 Å². The average Bonchev–Trinajstić information content (AvgIpc) is 2.81. The zero-order valence-electron chi connectivity index (χ0n) is 21.7. The first kappa shape index (κ1) is 27.2. The summed E-state index contributed by atoms with van der Waals surface area (Å²) < 4.78 is 6.26. The van der Waals surface area contributed by atoms with Gasteiger partial charge in [0.1, 0.15) is 0 Å². The molecule has 0 aromatic carbocycles. The monoisotopic (exact) mass is 434 g/mol. The van der Waals surface area contributed by atoms with Gasteiger partial charge < -0.3 is 4.74 Å². The van der Waals surface area contributed by atoms with Gasteiger partial charge in [-0.1, -0.05) is 117 Å². The molecular weight excluding hydrogens is 376 g/mol. The largest absolute Gasteiger partial charge is 0.378 e. The van der Waals surface area contributed by atoms with Crippen LogP contribution in [0.25, 0.3) is 0 Å². The van der Waals surface area contributed by atoms with E-state index in [1.54, 1.807) is 0 Å². The second kappa shape index (κ2) is 18.4. The minimum absolute atomic E-state index is 0.588. The van der Waals surface area contributed by atoms with E-state index in [0.717, 1.165) is 24.4 Å². The van der Waals surface area contributed by atoms with Crippen LogP contribution in [-0.4, -0.2) is 12.7 Å². The number of ether oxygens (including phenoxy) is 1. The topological polar surface area (TPSA) is 9.23 Å². The van der Waals surface area contributed by atoms with Crippen molar-refractivity contribution >= 4 is 0 Å². The maximum Gasteiger partial charge on any atom is 0.0575 e. The van der Waals surface area contributed by atoms with Crippen LogP contribution in [0.15, 0.2) is 0 Å². The summed E-state index contributed by atoms with van der Waals surface area (Å²) in [5.41, 5.74) is 0. The lowest BCUT2D eigenvalue weighted by atomic mass is 9.70. The summed E-state index contributed by atoms with van der Waals surface area (Å²) in [5, 5.41) is 0. The molecule has 0 aromatic rings. The molecule has 184 valence electrons. The van der Waals surface area contributed by atoms with Gasteiger partial charge in [-0.05, 0) is 62.7 Å².